The van der Waals surface area contributed by atoms with Crippen molar-refractivity contribution in [3.8, 4) is 39.1 Å². The van der Waals surface area contributed by atoms with E-state index in [0.29, 0.717) is 0 Å². The van der Waals surface area contributed by atoms with Crippen LogP contribution in [0.1, 0.15) is 57.4 Å². The Hall–Kier alpha value is -7.16. The Balaban J connectivity index is 0.00000420. The monoisotopic (exact) mass is 784 g/mol. The molecule has 12 rings (SSSR count). The lowest BCUT2D eigenvalue weighted by Gasteiger charge is -2.30. The topological polar surface area (TPSA) is 8.17 Å². The summed E-state index contributed by atoms with van der Waals surface area (Å²) in [4.78, 5) is 2.50. The summed E-state index contributed by atoms with van der Waals surface area (Å²) in [6.07, 6.45) is 0. The Morgan fingerprint density at radius 3 is 1.62 bits per heavy atom. The summed E-state index contributed by atoms with van der Waals surface area (Å²) in [7, 11) is 0. The molecular formula is C59H48N2. The van der Waals surface area contributed by atoms with Gasteiger partial charge in [-0.15, -0.1) is 0 Å². The van der Waals surface area contributed by atoms with Crippen molar-refractivity contribution in [2.24, 2.45) is 0 Å². The molecule has 0 aliphatic heterocycles. The molecule has 61 heavy (non-hydrogen) atoms. The molecule has 0 unspecified atom stereocenters. The first-order chi connectivity index (χ1) is 29.3. The lowest BCUT2D eigenvalue weighted by atomic mass is 9.82. The van der Waals surface area contributed by atoms with Crippen LogP contribution >= 0.6 is 0 Å². The average Bonchev–Trinajstić information content (AvgIpc) is 3.83. The van der Waals surface area contributed by atoms with Crippen molar-refractivity contribution < 1.29 is 0 Å². The molecule has 0 atom stereocenters. The number of anilines is 3. The van der Waals surface area contributed by atoms with Gasteiger partial charge in [-0.3, -0.25) is 0 Å². The molecule has 294 valence electrons. The predicted molar refractivity (Wildman–Crippen MR) is 260 cm³/mol. The minimum atomic E-state index is -0.114. The second-order valence-corrected chi connectivity index (χ2v) is 17.7. The van der Waals surface area contributed by atoms with Gasteiger partial charge in [0.25, 0.3) is 0 Å². The largest absolute Gasteiger partial charge is 0.310 e. The molecule has 10 aromatic rings. The van der Waals surface area contributed by atoms with Crippen LogP contribution < -0.4 is 4.90 Å². The van der Waals surface area contributed by atoms with E-state index in [2.05, 4.69) is 231 Å². The summed E-state index contributed by atoms with van der Waals surface area (Å²) in [6.45, 7) is 9.48. The molecule has 9 aromatic carbocycles. The van der Waals surface area contributed by atoms with E-state index < -0.39 is 0 Å². The van der Waals surface area contributed by atoms with Crippen LogP contribution in [0.15, 0.2) is 194 Å². The standard InChI is InChI=1S/C58H44N2.CH4/c1-57(2)49-24-10-6-19-47(49)56-50(57)25-15-29-55(56)59(39-34-35-43-42-16-5-9-23-48(42)58(3,4)51(43)36-39)38-32-30-37(31-33-38)40-20-13-22-44-41(40)21-14-28-54(44)60-52-26-11-7-17-45(52)46-18-8-12-27-53(46)60;/h5-36H,1-4H3;1H4. The van der Waals surface area contributed by atoms with Gasteiger partial charge in [-0.1, -0.05) is 181 Å². The molecule has 2 aliphatic rings. The van der Waals surface area contributed by atoms with E-state index in [0.717, 1.165) is 5.69 Å². The maximum absolute atomic E-state index is 2.50. The van der Waals surface area contributed by atoms with Gasteiger partial charge in [0, 0.05) is 43.9 Å². The van der Waals surface area contributed by atoms with E-state index in [1.54, 1.807) is 0 Å². The van der Waals surface area contributed by atoms with Crippen molar-refractivity contribution in [2.75, 3.05) is 4.90 Å². The van der Waals surface area contributed by atoms with E-state index in [9.17, 15) is 0 Å². The SMILES string of the molecule is C.CC1(C)c2ccccc2-c2ccc(N(c3ccc(-c4cccc5c(-n6c7ccccc7c7ccccc76)cccc45)cc3)c3cccc4c3-c3ccccc3C4(C)C)cc21. The number of fused-ring (bicyclic) bond motifs is 10. The molecule has 0 fully saturated rings. The highest BCUT2D eigenvalue weighted by atomic mass is 15.1. The number of aromatic nitrogens is 1. The fraction of sp³-hybridized carbons (Fsp3) is 0.119. The molecule has 2 nitrogen and oxygen atoms in total. The maximum Gasteiger partial charge on any atom is 0.0543 e. The molecule has 0 spiro atoms. The van der Waals surface area contributed by atoms with E-state index in [1.807, 2.05) is 0 Å². The van der Waals surface area contributed by atoms with Gasteiger partial charge < -0.3 is 9.47 Å². The van der Waals surface area contributed by atoms with Gasteiger partial charge in [-0.05, 0) is 104 Å². The summed E-state index contributed by atoms with van der Waals surface area (Å²) in [5.41, 5.74) is 20.1. The molecule has 0 N–H and O–H groups in total. The number of hydrogen-bond donors (Lipinski definition) is 0. The van der Waals surface area contributed by atoms with Gasteiger partial charge in [0.05, 0.1) is 22.4 Å². The quantitative estimate of drug-likeness (QED) is 0.169. The second-order valence-electron chi connectivity index (χ2n) is 17.7. The van der Waals surface area contributed by atoms with Crippen LogP contribution in [0.25, 0.3) is 71.6 Å². The fourth-order valence-electron chi connectivity index (χ4n) is 10.9. The number of para-hydroxylation sites is 2. The van der Waals surface area contributed by atoms with Crippen LogP contribution in [0.2, 0.25) is 0 Å². The maximum atomic E-state index is 2.50. The first-order valence-electron chi connectivity index (χ1n) is 21.2. The van der Waals surface area contributed by atoms with Gasteiger partial charge in [-0.2, -0.15) is 0 Å². The molecule has 1 heterocycles. The smallest absolute Gasteiger partial charge is 0.0543 e. The van der Waals surface area contributed by atoms with E-state index in [-0.39, 0.29) is 18.3 Å². The van der Waals surface area contributed by atoms with Crippen LogP contribution in [0.5, 0.6) is 0 Å². The molecule has 2 heteroatoms. The second kappa shape index (κ2) is 13.4. The van der Waals surface area contributed by atoms with Crippen molar-refractivity contribution in [3.05, 3.63) is 216 Å². The normalized spacial score (nSPS) is 14.0. The number of nitrogens with zero attached hydrogens (tertiary/aromatic N) is 2. The first kappa shape index (κ1) is 36.9. The third kappa shape index (κ3) is 5.21. The van der Waals surface area contributed by atoms with Crippen molar-refractivity contribution >= 4 is 49.6 Å². The predicted octanol–water partition coefficient (Wildman–Crippen LogP) is 16.3. The molecule has 0 saturated heterocycles. The lowest BCUT2D eigenvalue weighted by molar-refractivity contribution is 0.660. The highest BCUT2D eigenvalue weighted by Gasteiger charge is 2.39. The molecule has 0 radical (unpaired) electrons. The summed E-state index contributed by atoms with van der Waals surface area (Å²) in [5.74, 6) is 0. The molecule has 0 bridgehead atoms. The zero-order valence-electron chi connectivity index (χ0n) is 34.4. The molecule has 1 aromatic heterocycles. The molecule has 2 aliphatic carbocycles. The van der Waals surface area contributed by atoms with Crippen LogP contribution in [0.3, 0.4) is 0 Å². The highest BCUT2D eigenvalue weighted by Crippen LogP contribution is 2.56. The van der Waals surface area contributed by atoms with Crippen LogP contribution in [0.4, 0.5) is 17.1 Å². The van der Waals surface area contributed by atoms with Crippen LogP contribution in [0, 0.1) is 0 Å². The van der Waals surface area contributed by atoms with Gasteiger partial charge in [-0.25, -0.2) is 0 Å². The van der Waals surface area contributed by atoms with Crippen molar-refractivity contribution in [1.82, 2.24) is 4.57 Å². The zero-order valence-corrected chi connectivity index (χ0v) is 34.4. The van der Waals surface area contributed by atoms with Gasteiger partial charge in [0.2, 0.25) is 0 Å². The minimum Gasteiger partial charge on any atom is -0.310 e. The van der Waals surface area contributed by atoms with Crippen molar-refractivity contribution in [2.45, 2.75) is 46.0 Å². The minimum absolute atomic E-state index is 0. The van der Waals surface area contributed by atoms with Gasteiger partial charge in [0.1, 0.15) is 0 Å². The first-order valence-corrected chi connectivity index (χ1v) is 21.2. The Labute approximate surface area is 359 Å². The Kier molecular flexibility index (Phi) is 8.12. The van der Waals surface area contributed by atoms with E-state index in [4.69, 9.17) is 0 Å². The van der Waals surface area contributed by atoms with Gasteiger partial charge >= 0.3 is 0 Å². The molecule has 0 saturated carbocycles. The Morgan fingerprint density at radius 2 is 0.885 bits per heavy atom. The fourth-order valence-corrected chi connectivity index (χ4v) is 10.9. The molecule has 0 amide bonds. The summed E-state index contributed by atoms with van der Waals surface area (Å²) in [5, 5.41) is 5.01. The average molecular weight is 785 g/mol. The van der Waals surface area contributed by atoms with E-state index in [1.165, 1.54) is 105 Å². The van der Waals surface area contributed by atoms with Gasteiger partial charge in [0.15, 0.2) is 0 Å². The molecular weight excluding hydrogens is 737 g/mol. The highest BCUT2D eigenvalue weighted by molar-refractivity contribution is 6.11. The van der Waals surface area contributed by atoms with E-state index >= 15 is 0 Å². The third-order valence-corrected chi connectivity index (χ3v) is 13.8. The summed E-state index contributed by atoms with van der Waals surface area (Å²) < 4.78 is 2.44. The van der Waals surface area contributed by atoms with Crippen LogP contribution in [-0.4, -0.2) is 4.57 Å². The number of benzene rings is 9. The third-order valence-electron chi connectivity index (χ3n) is 13.8. The van der Waals surface area contributed by atoms with Crippen molar-refractivity contribution in [1.29, 1.82) is 0 Å². The Morgan fingerprint density at radius 1 is 0.377 bits per heavy atom. The Bertz CT molecular complexity index is 3320. The summed E-state index contributed by atoms with van der Waals surface area (Å²) >= 11 is 0. The lowest BCUT2D eigenvalue weighted by Crippen LogP contribution is -2.17. The zero-order chi connectivity index (χ0) is 40.3. The van der Waals surface area contributed by atoms with Crippen molar-refractivity contribution in [3.63, 3.8) is 0 Å². The summed E-state index contributed by atoms with van der Waals surface area (Å²) in [6, 6.07) is 72.3. The number of rotatable bonds is 5. The van der Waals surface area contributed by atoms with Crippen LogP contribution in [-0.2, 0) is 10.8 Å². The number of hydrogen-bond acceptors (Lipinski definition) is 1.